The van der Waals surface area contributed by atoms with Crippen molar-refractivity contribution >= 4 is 0 Å². The van der Waals surface area contributed by atoms with Crippen LogP contribution in [-0.2, 0) is 0 Å². The molecule has 0 saturated carbocycles. The lowest BCUT2D eigenvalue weighted by atomic mass is 10.0. The maximum absolute atomic E-state index is 3.29. The van der Waals surface area contributed by atoms with E-state index in [2.05, 4.69) is 38.0 Å². The summed E-state index contributed by atoms with van der Waals surface area (Å²) < 4.78 is 0. The zero-order chi connectivity index (χ0) is 8.91. The summed E-state index contributed by atoms with van der Waals surface area (Å²) in [6, 6.07) is 0. The minimum atomic E-state index is 0.281. The highest BCUT2D eigenvalue weighted by Crippen LogP contribution is 2.07. The fourth-order valence-corrected chi connectivity index (χ4v) is 0.753. The van der Waals surface area contributed by atoms with Crippen LogP contribution in [0.5, 0.6) is 0 Å². The molecule has 0 bridgehead atoms. The molecule has 0 unspecified atom stereocenters. The molecule has 2 nitrogen and oxygen atoms in total. The Kier molecular flexibility index (Phi) is 4.69. The molecular formula is C9H22N2. The van der Waals surface area contributed by atoms with Crippen molar-refractivity contribution in [3.05, 3.63) is 0 Å². The van der Waals surface area contributed by atoms with Crippen molar-refractivity contribution in [3.8, 4) is 0 Å². The molecule has 0 radical (unpaired) electrons. The van der Waals surface area contributed by atoms with Gasteiger partial charge in [-0.1, -0.05) is 6.92 Å². The van der Waals surface area contributed by atoms with Gasteiger partial charge >= 0.3 is 0 Å². The first kappa shape index (κ1) is 10.9. The Morgan fingerprint density at radius 2 is 1.91 bits per heavy atom. The quantitative estimate of drug-likeness (QED) is 0.649. The van der Waals surface area contributed by atoms with Gasteiger partial charge < -0.3 is 10.2 Å². The first-order valence-corrected chi connectivity index (χ1v) is 4.39. The summed E-state index contributed by atoms with van der Waals surface area (Å²) >= 11 is 0. The number of nitrogens with zero attached hydrogens (tertiary/aromatic N) is 1. The van der Waals surface area contributed by atoms with Gasteiger partial charge in [-0.3, -0.25) is 0 Å². The maximum atomic E-state index is 3.29. The van der Waals surface area contributed by atoms with Crippen LogP contribution in [0.15, 0.2) is 0 Å². The van der Waals surface area contributed by atoms with E-state index in [1.807, 2.05) is 7.05 Å². The fourth-order valence-electron chi connectivity index (χ4n) is 0.753. The van der Waals surface area contributed by atoms with Crippen LogP contribution in [-0.4, -0.2) is 37.6 Å². The first-order valence-electron chi connectivity index (χ1n) is 4.39. The molecule has 0 amide bonds. The molecule has 0 rings (SSSR count). The maximum Gasteiger partial charge on any atom is 0.0134 e. The molecule has 0 spiro atoms. The van der Waals surface area contributed by atoms with Crippen molar-refractivity contribution in [2.75, 3.05) is 27.2 Å². The first-order chi connectivity index (χ1) is 5.02. The lowest BCUT2D eigenvalue weighted by Crippen LogP contribution is -2.39. The van der Waals surface area contributed by atoms with Crippen molar-refractivity contribution in [3.63, 3.8) is 0 Å². The molecule has 0 fully saturated rings. The van der Waals surface area contributed by atoms with Gasteiger partial charge in [-0.25, -0.2) is 0 Å². The number of nitrogens with one attached hydrogen (secondary N) is 1. The van der Waals surface area contributed by atoms with E-state index in [4.69, 9.17) is 0 Å². The van der Waals surface area contributed by atoms with Crippen LogP contribution in [0.1, 0.15) is 27.2 Å². The zero-order valence-electron chi connectivity index (χ0n) is 8.57. The van der Waals surface area contributed by atoms with E-state index < -0.39 is 0 Å². The minimum Gasteiger partial charge on any atom is -0.315 e. The van der Waals surface area contributed by atoms with E-state index in [1.165, 1.54) is 13.0 Å². The molecule has 2 heteroatoms. The van der Waals surface area contributed by atoms with E-state index in [-0.39, 0.29) is 5.54 Å². The number of rotatable bonds is 5. The molecule has 0 aromatic heterocycles. The summed E-state index contributed by atoms with van der Waals surface area (Å²) in [6.45, 7) is 8.96. The normalized spacial score (nSPS) is 12.5. The van der Waals surface area contributed by atoms with Crippen LogP contribution < -0.4 is 5.32 Å². The highest BCUT2D eigenvalue weighted by atomic mass is 15.1. The Labute approximate surface area is 71.0 Å². The Hall–Kier alpha value is -0.0800. The van der Waals surface area contributed by atoms with Gasteiger partial charge in [-0.15, -0.1) is 0 Å². The largest absolute Gasteiger partial charge is 0.315 e. The molecule has 0 aliphatic carbocycles. The second-order valence-electron chi connectivity index (χ2n) is 3.78. The molecule has 0 saturated heterocycles. The lowest BCUT2D eigenvalue weighted by molar-refractivity contribution is 0.286. The molecule has 0 aromatic rings. The molecule has 0 aliphatic heterocycles. The summed E-state index contributed by atoms with van der Waals surface area (Å²) in [5.41, 5.74) is 0.281. The van der Waals surface area contributed by atoms with Gasteiger partial charge in [-0.2, -0.15) is 0 Å². The molecule has 0 aromatic carbocycles. The summed E-state index contributed by atoms with van der Waals surface area (Å²) in [5.74, 6) is 0. The highest BCUT2D eigenvalue weighted by molar-refractivity contribution is 4.75. The van der Waals surface area contributed by atoms with Gasteiger partial charge in [0.25, 0.3) is 0 Å². The third kappa shape index (κ3) is 5.22. The number of hydrogen-bond acceptors (Lipinski definition) is 2. The molecular weight excluding hydrogens is 136 g/mol. The van der Waals surface area contributed by atoms with Crippen molar-refractivity contribution in [1.29, 1.82) is 0 Å². The van der Waals surface area contributed by atoms with Crippen molar-refractivity contribution < 1.29 is 0 Å². The molecule has 0 heterocycles. The SMILES string of the molecule is CCN(C)CCC(C)(C)NC. The Balaban J connectivity index is 3.52. The van der Waals surface area contributed by atoms with Gasteiger partial charge in [0.05, 0.1) is 0 Å². The fraction of sp³-hybridized carbons (Fsp3) is 1.00. The van der Waals surface area contributed by atoms with Crippen molar-refractivity contribution in [2.45, 2.75) is 32.7 Å². The van der Waals surface area contributed by atoms with Crippen LogP contribution in [0, 0.1) is 0 Å². The average molecular weight is 158 g/mol. The Morgan fingerprint density at radius 1 is 1.36 bits per heavy atom. The smallest absolute Gasteiger partial charge is 0.0134 e. The van der Waals surface area contributed by atoms with E-state index in [9.17, 15) is 0 Å². The van der Waals surface area contributed by atoms with Crippen molar-refractivity contribution in [2.24, 2.45) is 0 Å². The molecule has 1 N–H and O–H groups in total. The van der Waals surface area contributed by atoms with Crippen molar-refractivity contribution in [1.82, 2.24) is 10.2 Å². The van der Waals surface area contributed by atoms with E-state index >= 15 is 0 Å². The van der Waals surface area contributed by atoms with Crippen LogP contribution in [0.4, 0.5) is 0 Å². The van der Waals surface area contributed by atoms with Gasteiger partial charge in [0.15, 0.2) is 0 Å². The second-order valence-corrected chi connectivity index (χ2v) is 3.78. The Morgan fingerprint density at radius 3 is 2.27 bits per heavy atom. The Bertz CT molecular complexity index is 99.7. The van der Waals surface area contributed by atoms with Crippen LogP contribution >= 0.6 is 0 Å². The van der Waals surface area contributed by atoms with Gasteiger partial charge in [-0.05, 0) is 47.5 Å². The molecule has 0 aliphatic rings. The summed E-state index contributed by atoms with van der Waals surface area (Å²) in [4.78, 5) is 2.33. The molecule has 11 heavy (non-hydrogen) atoms. The van der Waals surface area contributed by atoms with Gasteiger partial charge in [0.1, 0.15) is 0 Å². The van der Waals surface area contributed by atoms with Crippen LogP contribution in [0.3, 0.4) is 0 Å². The predicted octanol–water partition coefficient (Wildman–Crippen LogP) is 1.33. The van der Waals surface area contributed by atoms with Gasteiger partial charge in [0.2, 0.25) is 0 Å². The van der Waals surface area contributed by atoms with Gasteiger partial charge in [0, 0.05) is 5.54 Å². The minimum absolute atomic E-state index is 0.281. The standard InChI is InChI=1S/C9H22N2/c1-6-11(5)8-7-9(2,3)10-4/h10H,6-8H2,1-5H3. The molecule has 68 valence electrons. The highest BCUT2D eigenvalue weighted by Gasteiger charge is 2.14. The predicted molar refractivity (Wildman–Crippen MR) is 50.9 cm³/mol. The summed E-state index contributed by atoms with van der Waals surface area (Å²) in [7, 11) is 4.18. The third-order valence-corrected chi connectivity index (χ3v) is 2.34. The lowest BCUT2D eigenvalue weighted by Gasteiger charge is -2.26. The topological polar surface area (TPSA) is 15.3 Å². The van der Waals surface area contributed by atoms with Crippen LogP contribution in [0.25, 0.3) is 0 Å². The van der Waals surface area contributed by atoms with E-state index in [1.54, 1.807) is 0 Å². The van der Waals surface area contributed by atoms with Crippen LogP contribution in [0.2, 0.25) is 0 Å². The average Bonchev–Trinajstić information content (AvgIpc) is 2.00. The van der Waals surface area contributed by atoms with E-state index in [0.717, 1.165) is 6.54 Å². The zero-order valence-corrected chi connectivity index (χ0v) is 8.57. The summed E-state index contributed by atoms with van der Waals surface area (Å²) in [5, 5.41) is 3.29. The second kappa shape index (κ2) is 4.73. The number of hydrogen-bond donors (Lipinski definition) is 1. The third-order valence-electron chi connectivity index (χ3n) is 2.34. The summed E-state index contributed by atoms with van der Waals surface area (Å²) in [6.07, 6.45) is 1.20. The van der Waals surface area contributed by atoms with E-state index in [0.29, 0.717) is 0 Å². The monoisotopic (exact) mass is 158 g/mol. The molecule has 0 atom stereocenters.